The minimum atomic E-state index is -0.367. The molecule has 0 saturated carbocycles. The molecule has 2 aromatic heterocycles. The molecule has 154 valence electrons. The van der Waals surface area contributed by atoms with Crippen LogP contribution in [-0.4, -0.2) is 24.0 Å². The second kappa shape index (κ2) is 8.24. The first kappa shape index (κ1) is 20.0. The van der Waals surface area contributed by atoms with Crippen LogP contribution in [-0.2, 0) is 11.2 Å². The van der Waals surface area contributed by atoms with Crippen molar-refractivity contribution in [2.75, 3.05) is 13.2 Å². The summed E-state index contributed by atoms with van der Waals surface area (Å²) < 4.78 is 10.9. The Morgan fingerprint density at radius 1 is 1.13 bits per heavy atom. The van der Waals surface area contributed by atoms with Crippen molar-refractivity contribution in [2.24, 2.45) is 0 Å². The molecule has 4 aromatic rings. The highest BCUT2D eigenvalue weighted by Gasteiger charge is 2.10. The summed E-state index contributed by atoms with van der Waals surface area (Å²) >= 11 is 6.07. The summed E-state index contributed by atoms with van der Waals surface area (Å²) in [6.07, 6.45) is 2.60. The molecule has 0 spiro atoms. The van der Waals surface area contributed by atoms with Crippen LogP contribution in [0.15, 0.2) is 51.8 Å². The third-order valence-electron chi connectivity index (χ3n) is 5.24. The smallest absolute Gasteiger partial charge is 0.339 e. The van der Waals surface area contributed by atoms with Gasteiger partial charge < -0.3 is 19.5 Å². The van der Waals surface area contributed by atoms with Crippen molar-refractivity contribution in [3.05, 3.63) is 74.7 Å². The number of H-pyrrole nitrogens is 1. The second-order valence-electron chi connectivity index (χ2n) is 7.19. The SMILES string of the molecule is Cc1c(C)c2ccc(OCC(=O)NCCc3c[nH]c4ccc(Cl)cc34)cc2oc1=O. The Morgan fingerprint density at radius 2 is 1.97 bits per heavy atom. The fourth-order valence-electron chi connectivity index (χ4n) is 3.41. The first-order valence-corrected chi connectivity index (χ1v) is 9.99. The summed E-state index contributed by atoms with van der Waals surface area (Å²) in [7, 11) is 0. The maximum absolute atomic E-state index is 12.1. The van der Waals surface area contributed by atoms with Gasteiger partial charge in [0, 0.05) is 45.7 Å². The van der Waals surface area contributed by atoms with Crippen LogP contribution in [0.4, 0.5) is 0 Å². The number of benzene rings is 2. The zero-order valence-electron chi connectivity index (χ0n) is 16.7. The number of amides is 1. The van der Waals surface area contributed by atoms with Gasteiger partial charge in [-0.3, -0.25) is 4.79 Å². The van der Waals surface area contributed by atoms with E-state index in [1.807, 2.05) is 37.4 Å². The summed E-state index contributed by atoms with van der Waals surface area (Å²) in [5.74, 6) is 0.241. The van der Waals surface area contributed by atoms with E-state index in [4.69, 9.17) is 20.8 Å². The average Bonchev–Trinajstić information content (AvgIpc) is 3.12. The van der Waals surface area contributed by atoms with Gasteiger partial charge in [-0.15, -0.1) is 0 Å². The van der Waals surface area contributed by atoms with E-state index in [2.05, 4.69) is 10.3 Å². The van der Waals surface area contributed by atoms with E-state index in [9.17, 15) is 9.59 Å². The molecule has 7 heteroatoms. The van der Waals surface area contributed by atoms with Gasteiger partial charge in [0.15, 0.2) is 6.61 Å². The van der Waals surface area contributed by atoms with Crippen LogP contribution in [0.3, 0.4) is 0 Å². The van der Waals surface area contributed by atoms with Crippen LogP contribution in [0.1, 0.15) is 16.7 Å². The molecule has 4 rings (SSSR count). The third kappa shape index (κ3) is 4.04. The van der Waals surface area contributed by atoms with E-state index < -0.39 is 0 Å². The molecule has 2 aromatic carbocycles. The molecule has 0 fully saturated rings. The molecular weight excluding hydrogens is 404 g/mol. The molecule has 2 N–H and O–H groups in total. The third-order valence-corrected chi connectivity index (χ3v) is 5.48. The molecule has 0 radical (unpaired) electrons. The van der Waals surface area contributed by atoms with Crippen LogP contribution in [0, 0.1) is 13.8 Å². The quantitative estimate of drug-likeness (QED) is 0.452. The predicted octanol–water partition coefficient (Wildman–Crippen LogP) is 4.28. The van der Waals surface area contributed by atoms with Gasteiger partial charge in [-0.05, 0) is 61.7 Å². The zero-order valence-corrected chi connectivity index (χ0v) is 17.4. The van der Waals surface area contributed by atoms with Gasteiger partial charge in [-0.1, -0.05) is 11.6 Å². The maximum Gasteiger partial charge on any atom is 0.339 e. The van der Waals surface area contributed by atoms with Crippen molar-refractivity contribution in [3.63, 3.8) is 0 Å². The Bertz CT molecular complexity index is 1310. The molecule has 6 nitrogen and oxygen atoms in total. The van der Waals surface area contributed by atoms with Crippen molar-refractivity contribution < 1.29 is 13.9 Å². The summed E-state index contributed by atoms with van der Waals surface area (Å²) in [6.45, 7) is 3.97. The van der Waals surface area contributed by atoms with E-state index in [0.717, 1.165) is 27.4 Å². The summed E-state index contributed by atoms with van der Waals surface area (Å²) in [5.41, 5.74) is 3.64. The summed E-state index contributed by atoms with van der Waals surface area (Å²) in [4.78, 5) is 27.2. The van der Waals surface area contributed by atoms with Crippen molar-refractivity contribution >= 4 is 39.4 Å². The number of hydrogen-bond donors (Lipinski definition) is 2. The Morgan fingerprint density at radius 3 is 2.80 bits per heavy atom. The van der Waals surface area contributed by atoms with Gasteiger partial charge in [0.25, 0.3) is 5.91 Å². The summed E-state index contributed by atoms with van der Waals surface area (Å²) in [5, 5.41) is 5.43. The zero-order chi connectivity index (χ0) is 21.3. The van der Waals surface area contributed by atoms with Gasteiger partial charge in [0.2, 0.25) is 0 Å². The standard InChI is InChI=1S/C23H21ClN2O4/c1-13-14(2)23(28)30-21-10-17(4-5-18(13)21)29-12-22(27)25-8-7-15-11-26-20-6-3-16(24)9-19(15)20/h3-6,9-11,26H,7-8,12H2,1-2H3,(H,25,27). The van der Waals surface area contributed by atoms with E-state index >= 15 is 0 Å². The van der Waals surface area contributed by atoms with Crippen LogP contribution < -0.4 is 15.7 Å². The molecule has 0 saturated heterocycles. The first-order chi connectivity index (χ1) is 14.4. The minimum Gasteiger partial charge on any atom is -0.484 e. The lowest BCUT2D eigenvalue weighted by molar-refractivity contribution is -0.123. The maximum atomic E-state index is 12.1. The van der Waals surface area contributed by atoms with Gasteiger partial charge in [0.05, 0.1) is 0 Å². The number of carbonyl (C=O) groups excluding carboxylic acids is 1. The molecule has 0 bridgehead atoms. The molecule has 0 aliphatic rings. The molecule has 0 unspecified atom stereocenters. The number of ether oxygens (including phenoxy) is 1. The van der Waals surface area contributed by atoms with Crippen LogP contribution in [0.5, 0.6) is 5.75 Å². The van der Waals surface area contributed by atoms with Gasteiger partial charge in [0.1, 0.15) is 11.3 Å². The highest BCUT2D eigenvalue weighted by Crippen LogP contribution is 2.24. The van der Waals surface area contributed by atoms with Crippen LogP contribution in [0.2, 0.25) is 5.02 Å². The van der Waals surface area contributed by atoms with Gasteiger partial charge in [-0.2, -0.15) is 0 Å². The number of fused-ring (bicyclic) bond motifs is 2. The van der Waals surface area contributed by atoms with E-state index in [1.54, 1.807) is 19.1 Å². The van der Waals surface area contributed by atoms with Gasteiger partial charge >= 0.3 is 5.63 Å². The van der Waals surface area contributed by atoms with E-state index in [1.165, 1.54) is 0 Å². The number of carbonyl (C=O) groups is 1. The Hall–Kier alpha value is -3.25. The highest BCUT2D eigenvalue weighted by molar-refractivity contribution is 6.31. The fraction of sp³-hybridized carbons (Fsp3) is 0.217. The van der Waals surface area contributed by atoms with Crippen LogP contribution in [0.25, 0.3) is 21.9 Å². The topological polar surface area (TPSA) is 84.3 Å². The highest BCUT2D eigenvalue weighted by atomic mass is 35.5. The number of nitrogens with one attached hydrogen (secondary N) is 2. The predicted molar refractivity (Wildman–Crippen MR) is 117 cm³/mol. The Labute approximate surface area is 177 Å². The normalized spacial score (nSPS) is 11.2. The molecule has 2 heterocycles. The van der Waals surface area contributed by atoms with Crippen molar-refractivity contribution in [1.82, 2.24) is 10.3 Å². The van der Waals surface area contributed by atoms with Crippen molar-refractivity contribution in [3.8, 4) is 5.75 Å². The first-order valence-electron chi connectivity index (χ1n) is 9.61. The molecule has 1 amide bonds. The van der Waals surface area contributed by atoms with Crippen LogP contribution >= 0.6 is 11.6 Å². The lowest BCUT2D eigenvalue weighted by atomic mass is 10.1. The van der Waals surface area contributed by atoms with E-state index in [0.29, 0.717) is 34.9 Å². The summed E-state index contributed by atoms with van der Waals surface area (Å²) in [6, 6.07) is 10.9. The minimum absolute atomic E-state index is 0.125. The number of aromatic nitrogens is 1. The Balaban J connectivity index is 1.34. The van der Waals surface area contributed by atoms with Gasteiger partial charge in [-0.25, -0.2) is 4.79 Å². The molecule has 0 aliphatic heterocycles. The number of aromatic amines is 1. The lowest BCUT2D eigenvalue weighted by Gasteiger charge is -2.09. The molecular formula is C23H21ClN2O4. The Kier molecular flexibility index (Phi) is 5.50. The number of rotatable bonds is 6. The van der Waals surface area contributed by atoms with Crippen molar-refractivity contribution in [1.29, 1.82) is 0 Å². The number of aryl methyl sites for hydroxylation is 1. The largest absolute Gasteiger partial charge is 0.484 e. The number of hydrogen-bond acceptors (Lipinski definition) is 4. The molecule has 30 heavy (non-hydrogen) atoms. The lowest BCUT2D eigenvalue weighted by Crippen LogP contribution is -2.30. The van der Waals surface area contributed by atoms with Crippen molar-refractivity contribution in [2.45, 2.75) is 20.3 Å². The van der Waals surface area contributed by atoms with E-state index in [-0.39, 0.29) is 18.1 Å². The molecule has 0 atom stereocenters. The fourth-order valence-corrected chi connectivity index (χ4v) is 3.58. The number of halogens is 1. The monoisotopic (exact) mass is 424 g/mol. The molecule has 0 aliphatic carbocycles. The second-order valence-corrected chi connectivity index (χ2v) is 7.63. The average molecular weight is 425 g/mol.